The molecule has 2 heterocycles. The quantitative estimate of drug-likeness (QED) is 0.379. The van der Waals surface area contributed by atoms with Crippen LogP contribution in [0.2, 0.25) is 0 Å². The molecule has 3 aromatic rings. The Labute approximate surface area is 223 Å². The van der Waals surface area contributed by atoms with E-state index < -0.39 is 42.7 Å². The molecule has 1 fully saturated rings. The Bertz CT molecular complexity index is 1270. The van der Waals surface area contributed by atoms with E-state index in [1.165, 1.54) is 16.7 Å². The number of aryl methyl sites for hydroxylation is 2. The monoisotopic (exact) mass is 520 g/mol. The number of hydrogen-bond acceptors (Lipinski definition) is 7. The molecule has 6 atom stereocenters. The van der Waals surface area contributed by atoms with Crippen LogP contribution in [0.15, 0.2) is 60.7 Å². The lowest BCUT2D eigenvalue weighted by Gasteiger charge is -2.40. The molecule has 0 spiro atoms. The van der Waals surface area contributed by atoms with Gasteiger partial charge in [0.05, 0.1) is 13.2 Å². The summed E-state index contributed by atoms with van der Waals surface area (Å²) in [5.41, 5.74) is 7.06. The summed E-state index contributed by atoms with van der Waals surface area (Å²) < 4.78 is 18.0. The smallest absolute Gasteiger partial charge is 0.125 e. The third-order valence-electron chi connectivity index (χ3n) is 7.86. The first-order valence-corrected chi connectivity index (χ1v) is 13.0. The molecule has 2 aliphatic heterocycles. The normalized spacial score (nSPS) is 28.8. The van der Waals surface area contributed by atoms with E-state index in [9.17, 15) is 20.4 Å². The van der Waals surface area contributed by atoms with Crippen LogP contribution in [0.1, 0.15) is 52.0 Å². The maximum atomic E-state index is 10.5. The Morgan fingerprint density at radius 3 is 2.42 bits per heavy atom. The van der Waals surface area contributed by atoms with E-state index in [-0.39, 0.29) is 0 Å². The first-order valence-electron chi connectivity index (χ1n) is 13.0. The number of hydrogen-bond donors (Lipinski definition) is 4. The number of rotatable bonds is 7. The topological polar surface area (TPSA) is 109 Å². The predicted molar refractivity (Wildman–Crippen MR) is 142 cm³/mol. The first-order chi connectivity index (χ1) is 18.2. The second kappa shape index (κ2) is 10.8. The van der Waals surface area contributed by atoms with Gasteiger partial charge >= 0.3 is 0 Å². The van der Waals surface area contributed by atoms with Crippen LogP contribution >= 0.6 is 0 Å². The van der Waals surface area contributed by atoms with Crippen LogP contribution in [0.5, 0.6) is 5.75 Å². The van der Waals surface area contributed by atoms with E-state index in [0.717, 1.165) is 22.4 Å². The second-order valence-electron chi connectivity index (χ2n) is 10.7. The Kier molecular flexibility index (Phi) is 7.60. The molecule has 4 N–H and O–H groups in total. The van der Waals surface area contributed by atoms with Crippen molar-refractivity contribution in [2.75, 3.05) is 13.2 Å². The number of aliphatic hydroxyl groups is 4. The van der Waals surface area contributed by atoms with Gasteiger partial charge in [-0.15, -0.1) is 0 Å². The van der Waals surface area contributed by atoms with Gasteiger partial charge in [-0.1, -0.05) is 48.5 Å². The second-order valence-corrected chi connectivity index (χ2v) is 10.7. The Morgan fingerprint density at radius 2 is 1.68 bits per heavy atom. The summed E-state index contributed by atoms with van der Waals surface area (Å²) in [7, 11) is 0. The zero-order chi connectivity index (χ0) is 27.0. The Hall–Kier alpha value is -2.78. The van der Waals surface area contributed by atoms with Gasteiger partial charge in [-0.05, 0) is 78.3 Å². The summed E-state index contributed by atoms with van der Waals surface area (Å²) in [6, 6.07) is 20.0. The van der Waals surface area contributed by atoms with Crippen molar-refractivity contribution in [1.82, 2.24) is 0 Å². The van der Waals surface area contributed by atoms with Crippen molar-refractivity contribution >= 4 is 0 Å². The van der Waals surface area contributed by atoms with E-state index in [1.54, 1.807) is 0 Å². The largest absolute Gasteiger partial charge is 0.490 e. The number of fused-ring (bicyclic) bond motifs is 1. The molecule has 2 aliphatic rings. The highest BCUT2D eigenvalue weighted by Crippen LogP contribution is 2.39. The minimum Gasteiger partial charge on any atom is -0.490 e. The molecular weight excluding hydrogens is 484 g/mol. The van der Waals surface area contributed by atoms with Crippen LogP contribution in [-0.4, -0.2) is 58.1 Å². The van der Waals surface area contributed by atoms with Gasteiger partial charge in [-0.3, -0.25) is 0 Å². The van der Waals surface area contributed by atoms with Gasteiger partial charge in [0.15, 0.2) is 0 Å². The average molecular weight is 521 g/mol. The molecule has 0 amide bonds. The van der Waals surface area contributed by atoms with Gasteiger partial charge in [0.25, 0.3) is 0 Å². The molecule has 7 nitrogen and oxygen atoms in total. The van der Waals surface area contributed by atoms with Crippen molar-refractivity contribution in [3.8, 4) is 5.75 Å². The summed E-state index contributed by atoms with van der Waals surface area (Å²) in [6.07, 6.45) is -5.22. The van der Waals surface area contributed by atoms with Crippen LogP contribution in [0.4, 0.5) is 0 Å². The maximum Gasteiger partial charge on any atom is 0.125 e. The third kappa shape index (κ3) is 5.10. The number of ether oxygens (including phenoxy) is 3. The Balaban J connectivity index is 1.27. The molecule has 0 radical (unpaired) electrons. The molecule has 202 valence electrons. The highest BCUT2D eigenvalue weighted by molar-refractivity contribution is 5.42. The third-order valence-corrected chi connectivity index (χ3v) is 7.86. The predicted octanol–water partition coefficient (Wildman–Crippen LogP) is 3.23. The van der Waals surface area contributed by atoms with Gasteiger partial charge in [-0.25, -0.2) is 0 Å². The number of benzene rings is 3. The molecule has 0 saturated carbocycles. The van der Waals surface area contributed by atoms with Crippen molar-refractivity contribution in [2.45, 2.75) is 69.9 Å². The van der Waals surface area contributed by atoms with Gasteiger partial charge in [0, 0.05) is 0 Å². The first kappa shape index (κ1) is 26.8. The van der Waals surface area contributed by atoms with Crippen LogP contribution in [0.25, 0.3) is 0 Å². The fourth-order valence-electron chi connectivity index (χ4n) is 5.61. The Morgan fingerprint density at radius 1 is 0.921 bits per heavy atom. The molecule has 38 heavy (non-hydrogen) atoms. The summed E-state index contributed by atoms with van der Waals surface area (Å²) in [5.74, 6) is 0.771. The van der Waals surface area contributed by atoms with Gasteiger partial charge in [0.1, 0.15) is 48.5 Å². The minimum atomic E-state index is -1.41. The molecule has 0 bridgehead atoms. The van der Waals surface area contributed by atoms with Gasteiger partial charge in [0.2, 0.25) is 0 Å². The van der Waals surface area contributed by atoms with Crippen molar-refractivity contribution < 1.29 is 34.6 Å². The van der Waals surface area contributed by atoms with Crippen LogP contribution in [-0.2, 0) is 28.1 Å². The highest BCUT2D eigenvalue weighted by atomic mass is 16.6. The lowest BCUT2D eigenvalue weighted by Crippen LogP contribution is -2.55. The summed E-state index contributed by atoms with van der Waals surface area (Å²) in [4.78, 5) is 0. The van der Waals surface area contributed by atoms with Crippen LogP contribution in [0.3, 0.4) is 0 Å². The van der Waals surface area contributed by atoms with E-state index in [1.807, 2.05) is 49.4 Å². The molecular formula is C31H36O7. The van der Waals surface area contributed by atoms with Gasteiger partial charge in [-0.2, -0.15) is 0 Å². The maximum absolute atomic E-state index is 10.5. The molecule has 3 aromatic carbocycles. The average Bonchev–Trinajstić information content (AvgIpc) is 3.26. The van der Waals surface area contributed by atoms with Crippen molar-refractivity contribution in [3.63, 3.8) is 0 Å². The molecule has 1 unspecified atom stereocenters. The number of aliphatic hydroxyl groups excluding tert-OH is 4. The van der Waals surface area contributed by atoms with Crippen molar-refractivity contribution in [2.24, 2.45) is 0 Å². The van der Waals surface area contributed by atoms with E-state index in [0.29, 0.717) is 25.2 Å². The fourth-order valence-corrected chi connectivity index (χ4v) is 5.61. The molecule has 7 heteroatoms. The zero-order valence-electron chi connectivity index (χ0n) is 22.0. The summed E-state index contributed by atoms with van der Waals surface area (Å²) in [5, 5.41) is 40.3. The molecule has 0 aromatic heterocycles. The minimum absolute atomic E-state index is 0.421. The highest BCUT2D eigenvalue weighted by Gasteiger charge is 2.44. The summed E-state index contributed by atoms with van der Waals surface area (Å²) in [6.45, 7) is 6.76. The molecule has 0 aliphatic carbocycles. The van der Waals surface area contributed by atoms with Crippen molar-refractivity contribution in [1.29, 1.82) is 0 Å². The lowest BCUT2D eigenvalue weighted by molar-refractivity contribution is -0.231. The van der Waals surface area contributed by atoms with Crippen LogP contribution < -0.4 is 4.74 Å². The molecule has 1 saturated heterocycles. The van der Waals surface area contributed by atoms with E-state index in [2.05, 4.69) is 32.0 Å². The van der Waals surface area contributed by atoms with Crippen LogP contribution in [0, 0.1) is 13.8 Å². The SMILES string of the molecule is Cc1ccc([C@@H]2O[C@H](CO)[C@@H](O)[C@H](O)[C@H]2O)cc1Cc1ccc(OCC2(C)OCc3cccc(C)c32)cc1. The van der Waals surface area contributed by atoms with E-state index >= 15 is 0 Å². The molecule has 5 rings (SSSR count). The lowest BCUT2D eigenvalue weighted by atomic mass is 9.89. The summed E-state index contributed by atoms with van der Waals surface area (Å²) >= 11 is 0. The van der Waals surface area contributed by atoms with Gasteiger partial charge < -0.3 is 34.6 Å². The zero-order valence-corrected chi connectivity index (χ0v) is 22.0. The standard InChI is InChI=1S/C31H36O7/c1-18-7-10-21(30-29(35)28(34)27(33)25(15-32)38-30)14-23(18)13-20-8-11-24(12-9-20)36-17-31(3)26-19(2)5-4-6-22(26)16-37-31/h4-12,14,25,27-30,32-35H,13,15-17H2,1-3H3/t25-,27-,28+,29-,30+,31?/m1/s1. The van der Waals surface area contributed by atoms with E-state index in [4.69, 9.17) is 14.2 Å². The van der Waals surface area contributed by atoms with Crippen molar-refractivity contribution in [3.05, 3.63) is 99.6 Å². The fraction of sp³-hybridized carbons (Fsp3) is 0.419.